The Morgan fingerprint density at radius 2 is 1.91 bits per heavy atom. The summed E-state index contributed by atoms with van der Waals surface area (Å²) in [6, 6.07) is 13.1. The number of para-hydroxylation sites is 1. The van der Waals surface area contributed by atoms with Gasteiger partial charge in [-0.05, 0) is 49.4 Å². The first-order valence-electron chi connectivity index (χ1n) is 8.67. The number of nitrogens with zero attached hydrogens (tertiary/aromatic N) is 2. The lowest BCUT2D eigenvalue weighted by molar-refractivity contribution is 0.220. The average Bonchev–Trinajstić information content (AvgIpc) is 3.10. The van der Waals surface area contributed by atoms with E-state index >= 15 is 0 Å². The number of hydrogen-bond donors (Lipinski definition) is 1. The van der Waals surface area contributed by atoms with Crippen LogP contribution in [0, 0.1) is 5.92 Å². The summed E-state index contributed by atoms with van der Waals surface area (Å²) in [6.07, 6.45) is 7.13. The molecular formula is C19H23N3O. The van der Waals surface area contributed by atoms with E-state index in [0.717, 1.165) is 36.7 Å². The molecule has 0 saturated heterocycles. The van der Waals surface area contributed by atoms with Gasteiger partial charge in [-0.15, -0.1) is 5.10 Å². The monoisotopic (exact) mass is 309 g/mol. The average molecular weight is 309 g/mol. The second-order valence-corrected chi connectivity index (χ2v) is 6.73. The summed E-state index contributed by atoms with van der Waals surface area (Å²) in [6.45, 7) is 0.765. The third-order valence-electron chi connectivity index (χ3n) is 4.88. The third-order valence-corrected chi connectivity index (χ3v) is 4.88. The van der Waals surface area contributed by atoms with E-state index in [4.69, 9.17) is 4.74 Å². The van der Waals surface area contributed by atoms with E-state index in [0.29, 0.717) is 12.0 Å². The molecule has 4 heteroatoms. The van der Waals surface area contributed by atoms with Gasteiger partial charge in [-0.25, -0.2) is 0 Å². The van der Waals surface area contributed by atoms with Crippen LogP contribution in [0.15, 0.2) is 36.4 Å². The Kier molecular flexibility index (Phi) is 4.14. The van der Waals surface area contributed by atoms with Gasteiger partial charge in [0.05, 0.1) is 12.3 Å². The minimum Gasteiger partial charge on any atom is -0.493 e. The fourth-order valence-corrected chi connectivity index (χ4v) is 3.64. The number of aromatic nitrogens is 2. The van der Waals surface area contributed by atoms with Crippen LogP contribution in [-0.4, -0.2) is 22.8 Å². The number of anilines is 1. The number of fused-ring (bicyclic) bond motifs is 1. The maximum absolute atomic E-state index is 5.86. The van der Waals surface area contributed by atoms with Crippen LogP contribution in [0.2, 0.25) is 0 Å². The first-order chi connectivity index (χ1) is 11.4. The van der Waals surface area contributed by atoms with E-state index in [-0.39, 0.29) is 0 Å². The molecule has 0 amide bonds. The third kappa shape index (κ3) is 3.46. The molecule has 1 fully saturated rings. The Balaban J connectivity index is 1.36. The number of benzene rings is 1. The number of hydrogen-bond acceptors (Lipinski definition) is 4. The molecular weight excluding hydrogens is 286 g/mol. The van der Waals surface area contributed by atoms with Gasteiger partial charge in [0, 0.05) is 12.0 Å². The second-order valence-electron chi connectivity index (χ2n) is 6.73. The Labute approximate surface area is 137 Å². The molecule has 2 aliphatic rings. The molecule has 1 atom stereocenters. The topological polar surface area (TPSA) is 47.0 Å². The summed E-state index contributed by atoms with van der Waals surface area (Å²) in [5.41, 5.74) is 2.35. The van der Waals surface area contributed by atoms with Crippen molar-refractivity contribution in [2.24, 2.45) is 5.92 Å². The summed E-state index contributed by atoms with van der Waals surface area (Å²) in [4.78, 5) is 0. The highest BCUT2D eigenvalue weighted by atomic mass is 16.5. The van der Waals surface area contributed by atoms with Crippen molar-refractivity contribution >= 4 is 5.82 Å². The molecule has 1 aliphatic heterocycles. The van der Waals surface area contributed by atoms with Crippen molar-refractivity contribution < 1.29 is 4.74 Å². The molecule has 1 aromatic heterocycles. The van der Waals surface area contributed by atoms with Gasteiger partial charge >= 0.3 is 0 Å². The van der Waals surface area contributed by atoms with Crippen LogP contribution in [0.1, 0.15) is 36.9 Å². The predicted octanol–water partition coefficient (Wildman–Crippen LogP) is 3.62. The molecule has 0 bridgehead atoms. The van der Waals surface area contributed by atoms with E-state index in [1.54, 1.807) is 0 Å². The van der Waals surface area contributed by atoms with Gasteiger partial charge < -0.3 is 10.1 Å². The van der Waals surface area contributed by atoms with Gasteiger partial charge in [-0.2, -0.15) is 5.10 Å². The largest absolute Gasteiger partial charge is 0.493 e. The molecule has 1 aromatic carbocycles. The van der Waals surface area contributed by atoms with Crippen molar-refractivity contribution in [3.05, 3.63) is 47.7 Å². The summed E-state index contributed by atoms with van der Waals surface area (Å²) >= 11 is 0. The van der Waals surface area contributed by atoms with Crippen LogP contribution < -0.4 is 10.1 Å². The molecule has 0 spiro atoms. The van der Waals surface area contributed by atoms with Gasteiger partial charge in [0.25, 0.3) is 0 Å². The van der Waals surface area contributed by atoms with Crippen molar-refractivity contribution in [2.75, 3.05) is 11.9 Å². The summed E-state index contributed by atoms with van der Waals surface area (Å²) in [7, 11) is 0. The second kappa shape index (κ2) is 6.57. The minimum atomic E-state index is 0.479. The maximum atomic E-state index is 5.86. The maximum Gasteiger partial charge on any atom is 0.148 e. The van der Waals surface area contributed by atoms with Crippen LogP contribution in [-0.2, 0) is 12.8 Å². The standard InChI is InChI=1S/C19H23N3O/c1-4-8-18-15(5-1)11-14(13-23-18)12-17-9-10-19(22-21-17)20-16-6-2-3-7-16/h1,4-5,8-10,14,16H,2-3,6-7,11-13H2,(H,20,22)/t14-/m1/s1. The van der Waals surface area contributed by atoms with Crippen LogP contribution in [0.3, 0.4) is 0 Å². The normalized spacial score (nSPS) is 20.8. The molecule has 120 valence electrons. The van der Waals surface area contributed by atoms with Crippen molar-refractivity contribution in [1.82, 2.24) is 10.2 Å². The Morgan fingerprint density at radius 3 is 2.74 bits per heavy atom. The van der Waals surface area contributed by atoms with E-state index < -0.39 is 0 Å². The fourth-order valence-electron chi connectivity index (χ4n) is 3.64. The Bertz CT molecular complexity index is 650. The molecule has 4 nitrogen and oxygen atoms in total. The van der Waals surface area contributed by atoms with Gasteiger partial charge in [0.15, 0.2) is 0 Å². The van der Waals surface area contributed by atoms with Crippen molar-refractivity contribution in [3.63, 3.8) is 0 Å². The van der Waals surface area contributed by atoms with Crippen LogP contribution in [0.4, 0.5) is 5.82 Å². The SMILES string of the molecule is c1ccc2c(c1)C[C@H](Cc1ccc(NC3CCCC3)nn1)CO2. The molecule has 1 aliphatic carbocycles. The minimum absolute atomic E-state index is 0.479. The molecule has 2 aromatic rings. The van der Waals surface area contributed by atoms with E-state index in [2.05, 4.69) is 45.8 Å². The van der Waals surface area contributed by atoms with Gasteiger partial charge in [-0.3, -0.25) is 0 Å². The summed E-state index contributed by atoms with van der Waals surface area (Å²) in [5, 5.41) is 12.2. The first-order valence-corrected chi connectivity index (χ1v) is 8.67. The predicted molar refractivity (Wildman–Crippen MR) is 90.7 cm³/mol. The number of ether oxygens (including phenoxy) is 1. The molecule has 0 radical (unpaired) electrons. The van der Waals surface area contributed by atoms with Crippen molar-refractivity contribution in [2.45, 2.75) is 44.6 Å². The zero-order valence-electron chi connectivity index (χ0n) is 13.4. The lowest BCUT2D eigenvalue weighted by atomic mass is 9.93. The van der Waals surface area contributed by atoms with Crippen LogP contribution >= 0.6 is 0 Å². The smallest absolute Gasteiger partial charge is 0.148 e. The lowest BCUT2D eigenvalue weighted by Crippen LogP contribution is -2.23. The summed E-state index contributed by atoms with van der Waals surface area (Å²) < 4.78 is 5.86. The van der Waals surface area contributed by atoms with Crippen molar-refractivity contribution in [3.8, 4) is 5.75 Å². The zero-order chi connectivity index (χ0) is 15.5. The van der Waals surface area contributed by atoms with Crippen LogP contribution in [0.5, 0.6) is 5.75 Å². The quantitative estimate of drug-likeness (QED) is 0.937. The van der Waals surface area contributed by atoms with Crippen molar-refractivity contribution in [1.29, 1.82) is 0 Å². The van der Waals surface area contributed by atoms with Gasteiger partial charge in [0.2, 0.25) is 0 Å². The molecule has 23 heavy (non-hydrogen) atoms. The van der Waals surface area contributed by atoms with Gasteiger partial charge in [-0.1, -0.05) is 31.0 Å². The highest BCUT2D eigenvalue weighted by Crippen LogP contribution is 2.28. The first kappa shape index (κ1) is 14.5. The zero-order valence-corrected chi connectivity index (χ0v) is 13.4. The molecule has 1 N–H and O–H groups in total. The number of rotatable bonds is 4. The van der Waals surface area contributed by atoms with E-state index in [9.17, 15) is 0 Å². The highest BCUT2D eigenvalue weighted by Gasteiger charge is 2.20. The van der Waals surface area contributed by atoms with Crippen LogP contribution in [0.25, 0.3) is 0 Å². The highest BCUT2D eigenvalue weighted by molar-refractivity contribution is 5.36. The van der Waals surface area contributed by atoms with E-state index in [1.165, 1.54) is 31.2 Å². The Morgan fingerprint density at radius 1 is 1.04 bits per heavy atom. The van der Waals surface area contributed by atoms with Gasteiger partial charge in [0.1, 0.15) is 11.6 Å². The Hall–Kier alpha value is -2.10. The molecule has 2 heterocycles. The number of nitrogens with one attached hydrogen (secondary N) is 1. The summed E-state index contributed by atoms with van der Waals surface area (Å²) in [5.74, 6) is 2.42. The lowest BCUT2D eigenvalue weighted by Gasteiger charge is -2.24. The molecule has 1 saturated carbocycles. The molecule has 4 rings (SSSR count). The molecule has 0 unspecified atom stereocenters. The van der Waals surface area contributed by atoms with E-state index in [1.807, 2.05) is 6.07 Å². The fraction of sp³-hybridized carbons (Fsp3) is 0.474.